The van der Waals surface area contributed by atoms with Gasteiger partial charge in [-0.2, -0.15) is 11.8 Å². The minimum atomic E-state index is -0.257. The molecule has 2 rings (SSSR count). The quantitative estimate of drug-likeness (QED) is 0.891. The first kappa shape index (κ1) is 12.4. The van der Waals surface area contributed by atoms with E-state index in [0.29, 0.717) is 11.1 Å². The van der Waals surface area contributed by atoms with Crippen LogP contribution in [0.5, 0.6) is 0 Å². The van der Waals surface area contributed by atoms with Gasteiger partial charge in [-0.25, -0.2) is 4.39 Å². The van der Waals surface area contributed by atoms with Crippen molar-refractivity contribution >= 4 is 17.6 Å². The van der Waals surface area contributed by atoms with E-state index in [1.165, 1.54) is 12.1 Å². The van der Waals surface area contributed by atoms with E-state index in [1.54, 1.807) is 6.07 Å². The lowest BCUT2D eigenvalue weighted by atomic mass is 10.1. The number of fused-ring (bicyclic) bond motifs is 1. The predicted molar refractivity (Wildman–Crippen MR) is 71.2 cm³/mol. The van der Waals surface area contributed by atoms with Crippen molar-refractivity contribution in [3.63, 3.8) is 0 Å². The van der Waals surface area contributed by atoms with Gasteiger partial charge in [-0.1, -0.05) is 13.0 Å². The molecule has 1 aliphatic rings. The fourth-order valence-electron chi connectivity index (χ4n) is 2.01. The van der Waals surface area contributed by atoms with Crippen molar-refractivity contribution in [1.29, 1.82) is 5.41 Å². The summed E-state index contributed by atoms with van der Waals surface area (Å²) < 4.78 is 13.1. The van der Waals surface area contributed by atoms with E-state index >= 15 is 0 Å². The Morgan fingerprint density at radius 3 is 3.00 bits per heavy atom. The third-order valence-corrected chi connectivity index (χ3v) is 4.25. The molecule has 0 fully saturated rings. The first-order valence-corrected chi connectivity index (χ1v) is 7.05. The minimum absolute atomic E-state index is 0.257. The van der Waals surface area contributed by atoms with Crippen molar-refractivity contribution < 1.29 is 4.39 Å². The highest BCUT2D eigenvalue weighted by Crippen LogP contribution is 2.24. The number of hydrogen-bond acceptors (Lipinski definition) is 2. The molecule has 92 valence electrons. The number of benzene rings is 1. The molecule has 1 aliphatic heterocycles. The molecule has 17 heavy (non-hydrogen) atoms. The number of halogens is 1. The maximum atomic E-state index is 13.1. The SMILES string of the molecule is CSC(C)CCN1Cc2ccc(F)cc2C1=N. The molecule has 1 atom stereocenters. The second-order valence-corrected chi connectivity index (χ2v) is 5.68. The average molecular weight is 252 g/mol. The van der Waals surface area contributed by atoms with Gasteiger partial charge in [0, 0.05) is 23.9 Å². The largest absolute Gasteiger partial charge is 0.352 e. The van der Waals surface area contributed by atoms with Crippen LogP contribution in [-0.4, -0.2) is 28.8 Å². The van der Waals surface area contributed by atoms with Crippen LogP contribution in [0.2, 0.25) is 0 Å². The summed E-state index contributed by atoms with van der Waals surface area (Å²) in [6.45, 7) is 3.81. The van der Waals surface area contributed by atoms with Crippen LogP contribution in [0.4, 0.5) is 4.39 Å². The van der Waals surface area contributed by atoms with Crippen molar-refractivity contribution in [2.45, 2.75) is 25.1 Å². The molecule has 0 spiro atoms. The van der Waals surface area contributed by atoms with Crippen LogP contribution in [0.1, 0.15) is 24.5 Å². The summed E-state index contributed by atoms with van der Waals surface area (Å²) in [5.74, 6) is 0.209. The van der Waals surface area contributed by atoms with Crippen molar-refractivity contribution in [3.8, 4) is 0 Å². The Bertz CT molecular complexity index is 433. The highest BCUT2D eigenvalue weighted by molar-refractivity contribution is 7.99. The molecular weight excluding hydrogens is 235 g/mol. The molecule has 1 N–H and O–H groups in total. The molecule has 4 heteroatoms. The number of rotatable bonds is 4. The van der Waals surface area contributed by atoms with E-state index in [2.05, 4.69) is 13.2 Å². The Hall–Kier alpha value is -1.03. The zero-order valence-corrected chi connectivity index (χ0v) is 11.0. The van der Waals surface area contributed by atoms with Gasteiger partial charge >= 0.3 is 0 Å². The molecule has 0 saturated heterocycles. The first-order chi connectivity index (χ1) is 8.11. The van der Waals surface area contributed by atoms with Crippen molar-refractivity contribution in [2.24, 2.45) is 0 Å². The zero-order chi connectivity index (χ0) is 12.4. The van der Waals surface area contributed by atoms with Crippen LogP contribution in [0.25, 0.3) is 0 Å². The normalized spacial score (nSPS) is 16.2. The van der Waals surface area contributed by atoms with Crippen LogP contribution < -0.4 is 0 Å². The fraction of sp³-hybridized carbons (Fsp3) is 0.462. The third kappa shape index (κ3) is 2.63. The summed E-state index contributed by atoms with van der Waals surface area (Å²) in [6.07, 6.45) is 3.16. The van der Waals surface area contributed by atoms with Crippen molar-refractivity contribution in [3.05, 3.63) is 35.1 Å². The highest BCUT2D eigenvalue weighted by Gasteiger charge is 2.24. The van der Waals surface area contributed by atoms with Gasteiger partial charge in [-0.05, 0) is 30.4 Å². The summed E-state index contributed by atoms with van der Waals surface area (Å²) in [5.41, 5.74) is 1.81. The Morgan fingerprint density at radius 2 is 2.29 bits per heavy atom. The van der Waals surface area contributed by atoms with Crippen LogP contribution in [-0.2, 0) is 6.54 Å². The Kier molecular flexibility index (Phi) is 3.72. The Morgan fingerprint density at radius 1 is 1.53 bits per heavy atom. The first-order valence-electron chi connectivity index (χ1n) is 5.77. The van der Waals surface area contributed by atoms with Gasteiger partial charge in [-0.3, -0.25) is 5.41 Å². The monoisotopic (exact) mass is 252 g/mol. The molecular formula is C13H17FN2S. The summed E-state index contributed by atoms with van der Waals surface area (Å²) >= 11 is 1.84. The van der Waals surface area contributed by atoms with Gasteiger partial charge in [0.2, 0.25) is 0 Å². The number of nitrogens with one attached hydrogen (secondary N) is 1. The highest BCUT2D eigenvalue weighted by atomic mass is 32.2. The van der Waals surface area contributed by atoms with E-state index < -0.39 is 0 Å². The molecule has 1 aromatic carbocycles. The predicted octanol–water partition coefficient (Wildman–Crippen LogP) is 3.11. The van der Waals surface area contributed by atoms with E-state index in [9.17, 15) is 4.39 Å². The zero-order valence-electron chi connectivity index (χ0n) is 10.2. The molecule has 0 aromatic heterocycles. The fourth-order valence-corrected chi connectivity index (χ4v) is 2.35. The second-order valence-electron chi connectivity index (χ2n) is 4.41. The van der Waals surface area contributed by atoms with Crippen molar-refractivity contribution in [1.82, 2.24) is 4.90 Å². The Balaban J connectivity index is 2.04. The average Bonchev–Trinajstić information content (AvgIpc) is 2.63. The van der Waals surface area contributed by atoms with Gasteiger partial charge in [0.1, 0.15) is 11.7 Å². The summed E-state index contributed by atoms with van der Waals surface area (Å²) in [7, 11) is 0. The van der Waals surface area contributed by atoms with E-state index in [1.807, 2.05) is 16.7 Å². The van der Waals surface area contributed by atoms with E-state index in [0.717, 1.165) is 30.6 Å². The minimum Gasteiger partial charge on any atom is -0.352 e. The van der Waals surface area contributed by atoms with Crippen LogP contribution >= 0.6 is 11.8 Å². The molecule has 1 unspecified atom stereocenters. The molecule has 0 amide bonds. The smallest absolute Gasteiger partial charge is 0.128 e. The van der Waals surface area contributed by atoms with Gasteiger partial charge in [-0.15, -0.1) is 0 Å². The van der Waals surface area contributed by atoms with Gasteiger partial charge in [0.25, 0.3) is 0 Å². The van der Waals surface area contributed by atoms with Crippen LogP contribution in [0, 0.1) is 11.2 Å². The van der Waals surface area contributed by atoms with Crippen molar-refractivity contribution in [2.75, 3.05) is 12.8 Å². The molecule has 0 radical (unpaired) electrons. The summed E-state index contributed by atoms with van der Waals surface area (Å²) in [6, 6.07) is 4.73. The molecule has 1 heterocycles. The van der Waals surface area contributed by atoms with Crippen LogP contribution in [0.15, 0.2) is 18.2 Å². The second kappa shape index (κ2) is 5.08. The maximum Gasteiger partial charge on any atom is 0.128 e. The number of hydrogen-bond donors (Lipinski definition) is 1. The van der Waals surface area contributed by atoms with Gasteiger partial charge in [0.05, 0.1) is 0 Å². The lowest BCUT2D eigenvalue weighted by molar-refractivity contribution is 0.418. The molecule has 0 saturated carbocycles. The molecule has 0 aliphatic carbocycles. The molecule has 2 nitrogen and oxygen atoms in total. The summed E-state index contributed by atoms with van der Waals surface area (Å²) in [5, 5.41) is 8.64. The van der Waals surface area contributed by atoms with Gasteiger partial charge in [0.15, 0.2) is 0 Å². The number of thioether (sulfide) groups is 1. The van der Waals surface area contributed by atoms with Crippen LogP contribution in [0.3, 0.4) is 0 Å². The summed E-state index contributed by atoms with van der Waals surface area (Å²) in [4.78, 5) is 2.02. The molecule has 1 aromatic rings. The topological polar surface area (TPSA) is 27.1 Å². The van der Waals surface area contributed by atoms with E-state index in [4.69, 9.17) is 5.41 Å². The lowest BCUT2D eigenvalue weighted by Gasteiger charge is -2.19. The lowest BCUT2D eigenvalue weighted by Crippen LogP contribution is -2.26. The number of amidine groups is 1. The third-order valence-electron chi connectivity index (χ3n) is 3.21. The Labute approximate surface area is 106 Å². The van der Waals surface area contributed by atoms with Gasteiger partial charge < -0.3 is 4.90 Å². The maximum absolute atomic E-state index is 13.1. The number of nitrogens with zero attached hydrogens (tertiary/aromatic N) is 1. The standard InChI is InChI=1S/C13H17FN2S/c1-9(17-2)5-6-16-8-10-3-4-11(14)7-12(10)13(16)15/h3-4,7,9,15H,5-6,8H2,1-2H3. The molecule has 0 bridgehead atoms. The van der Waals surface area contributed by atoms with E-state index in [-0.39, 0.29) is 5.82 Å².